The zero-order valence-electron chi connectivity index (χ0n) is 13.8. The van der Waals surface area contributed by atoms with Gasteiger partial charge in [0.15, 0.2) is 0 Å². The fourth-order valence-electron chi connectivity index (χ4n) is 3.11. The summed E-state index contributed by atoms with van der Waals surface area (Å²) in [5.74, 6) is 0.889. The Balaban J connectivity index is 1.50. The van der Waals surface area contributed by atoms with Crippen LogP contribution in [0.3, 0.4) is 0 Å². The first-order valence-corrected chi connectivity index (χ1v) is 8.34. The second kappa shape index (κ2) is 8.14. The predicted molar refractivity (Wildman–Crippen MR) is 92.5 cm³/mol. The van der Waals surface area contributed by atoms with E-state index in [2.05, 4.69) is 41.3 Å². The number of benzene rings is 2. The van der Waals surface area contributed by atoms with Crippen LogP contribution in [0.15, 0.2) is 54.6 Å². The van der Waals surface area contributed by atoms with Gasteiger partial charge in [-0.05, 0) is 42.6 Å². The van der Waals surface area contributed by atoms with Crippen molar-refractivity contribution in [3.05, 3.63) is 65.7 Å². The molecule has 0 bridgehead atoms. The standard InChI is InChI=1S/C20H25NO2/c1-22-19-10-5-9-18(13-19)16-23-20-11-6-12-21(15-20)14-17-7-3-2-4-8-17/h2-5,7-10,13,20H,6,11-12,14-16H2,1H3. The highest BCUT2D eigenvalue weighted by atomic mass is 16.5. The molecule has 1 saturated heterocycles. The molecular formula is C20H25NO2. The Kier molecular flexibility index (Phi) is 5.67. The molecule has 2 aromatic carbocycles. The summed E-state index contributed by atoms with van der Waals surface area (Å²) >= 11 is 0. The number of piperidine rings is 1. The molecule has 1 aliphatic heterocycles. The molecule has 122 valence electrons. The lowest BCUT2D eigenvalue weighted by Gasteiger charge is -2.32. The highest BCUT2D eigenvalue weighted by Crippen LogP contribution is 2.19. The van der Waals surface area contributed by atoms with Crippen LogP contribution < -0.4 is 4.74 Å². The van der Waals surface area contributed by atoms with E-state index in [0.29, 0.717) is 12.7 Å². The van der Waals surface area contributed by atoms with E-state index < -0.39 is 0 Å². The van der Waals surface area contributed by atoms with Crippen LogP contribution in [0.2, 0.25) is 0 Å². The second-order valence-electron chi connectivity index (χ2n) is 6.15. The quantitative estimate of drug-likeness (QED) is 0.808. The third-order valence-electron chi connectivity index (χ3n) is 4.33. The smallest absolute Gasteiger partial charge is 0.119 e. The van der Waals surface area contributed by atoms with Gasteiger partial charge in [-0.3, -0.25) is 4.90 Å². The van der Waals surface area contributed by atoms with Crippen LogP contribution in [0.25, 0.3) is 0 Å². The summed E-state index contributed by atoms with van der Waals surface area (Å²) in [5.41, 5.74) is 2.55. The van der Waals surface area contributed by atoms with Gasteiger partial charge in [0.05, 0.1) is 19.8 Å². The molecule has 2 aromatic rings. The number of ether oxygens (including phenoxy) is 2. The first-order valence-electron chi connectivity index (χ1n) is 8.34. The highest BCUT2D eigenvalue weighted by molar-refractivity contribution is 5.27. The molecule has 0 amide bonds. The molecule has 1 unspecified atom stereocenters. The molecule has 1 fully saturated rings. The molecule has 1 aliphatic rings. The van der Waals surface area contributed by atoms with Crippen molar-refractivity contribution in [1.29, 1.82) is 0 Å². The summed E-state index contributed by atoms with van der Waals surface area (Å²) in [4.78, 5) is 2.50. The van der Waals surface area contributed by atoms with Crippen molar-refractivity contribution < 1.29 is 9.47 Å². The van der Waals surface area contributed by atoms with Crippen molar-refractivity contribution >= 4 is 0 Å². The third-order valence-corrected chi connectivity index (χ3v) is 4.33. The van der Waals surface area contributed by atoms with Gasteiger partial charge < -0.3 is 9.47 Å². The van der Waals surface area contributed by atoms with Crippen molar-refractivity contribution in [1.82, 2.24) is 4.90 Å². The number of nitrogens with zero attached hydrogens (tertiary/aromatic N) is 1. The lowest BCUT2D eigenvalue weighted by molar-refractivity contribution is -0.0121. The third kappa shape index (κ3) is 4.81. The maximum atomic E-state index is 6.14. The first kappa shape index (κ1) is 16.0. The molecule has 0 radical (unpaired) electrons. The Morgan fingerprint density at radius 3 is 2.70 bits per heavy atom. The van der Waals surface area contributed by atoms with Gasteiger partial charge in [0.25, 0.3) is 0 Å². The zero-order chi connectivity index (χ0) is 15.9. The highest BCUT2D eigenvalue weighted by Gasteiger charge is 2.20. The summed E-state index contributed by atoms with van der Waals surface area (Å²) in [7, 11) is 1.70. The lowest BCUT2D eigenvalue weighted by atomic mass is 10.1. The van der Waals surface area contributed by atoms with Gasteiger partial charge in [-0.2, -0.15) is 0 Å². The average molecular weight is 311 g/mol. The molecule has 3 nitrogen and oxygen atoms in total. The van der Waals surface area contributed by atoms with E-state index in [0.717, 1.165) is 31.8 Å². The molecule has 0 N–H and O–H groups in total. The molecule has 3 rings (SSSR count). The van der Waals surface area contributed by atoms with Crippen LogP contribution in [-0.2, 0) is 17.9 Å². The van der Waals surface area contributed by atoms with E-state index in [1.54, 1.807) is 7.11 Å². The average Bonchev–Trinajstić information content (AvgIpc) is 2.61. The Morgan fingerprint density at radius 1 is 1.04 bits per heavy atom. The fourth-order valence-corrected chi connectivity index (χ4v) is 3.11. The van der Waals surface area contributed by atoms with Crippen LogP contribution in [0.5, 0.6) is 5.75 Å². The normalized spacial score (nSPS) is 18.7. The number of methoxy groups -OCH3 is 1. The first-order chi connectivity index (χ1) is 11.3. The van der Waals surface area contributed by atoms with E-state index in [1.807, 2.05) is 18.2 Å². The summed E-state index contributed by atoms with van der Waals surface area (Å²) < 4.78 is 11.4. The van der Waals surface area contributed by atoms with Gasteiger partial charge in [-0.25, -0.2) is 0 Å². The minimum absolute atomic E-state index is 0.318. The second-order valence-corrected chi connectivity index (χ2v) is 6.15. The molecule has 0 aromatic heterocycles. The molecule has 1 atom stereocenters. The van der Waals surface area contributed by atoms with Gasteiger partial charge in [0.1, 0.15) is 5.75 Å². The minimum Gasteiger partial charge on any atom is -0.497 e. The molecule has 0 spiro atoms. The number of rotatable bonds is 6. The fraction of sp³-hybridized carbons (Fsp3) is 0.400. The van der Waals surface area contributed by atoms with Gasteiger partial charge in [-0.1, -0.05) is 42.5 Å². The molecule has 23 heavy (non-hydrogen) atoms. The minimum atomic E-state index is 0.318. The summed E-state index contributed by atoms with van der Waals surface area (Å²) in [6.07, 6.45) is 2.67. The van der Waals surface area contributed by atoms with Crippen molar-refractivity contribution in [3.8, 4) is 5.75 Å². The van der Waals surface area contributed by atoms with E-state index in [4.69, 9.17) is 9.47 Å². The van der Waals surface area contributed by atoms with Gasteiger partial charge in [-0.15, -0.1) is 0 Å². The van der Waals surface area contributed by atoms with Crippen molar-refractivity contribution in [2.45, 2.75) is 32.1 Å². The monoisotopic (exact) mass is 311 g/mol. The van der Waals surface area contributed by atoms with E-state index in [-0.39, 0.29) is 0 Å². The van der Waals surface area contributed by atoms with Crippen LogP contribution in [0.1, 0.15) is 24.0 Å². The van der Waals surface area contributed by atoms with Crippen LogP contribution in [-0.4, -0.2) is 31.2 Å². The van der Waals surface area contributed by atoms with Gasteiger partial charge >= 0.3 is 0 Å². The summed E-state index contributed by atoms with van der Waals surface area (Å²) in [5, 5.41) is 0. The van der Waals surface area contributed by atoms with Crippen LogP contribution >= 0.6 is 0 Å². The molecular weight excluding hydrogens is 286 g/mol. The van der Waals surface area contributed by atoms with E-state index in [9.17, 15) is 0 Å². The largest absolute Gasteiger partial charge is 0.497 e. The molecule has 3 heteroatoms. The van der Waals surface area contributed by atoms with Crippen molar-refractivity contribution in [2.75, 3.05) is 20.2 Å². The van der Waals surface area contributed by atoms with E-state index in [1.165, 1.54) is 17.5 Å². The van der Waals surface area contributed by atoms with Crippen LogP contribution in [0.4, 0.5) is 0 Å². The number of hydrogen-bond acceptors (Lipinski definition) is 3. The predicted octanol–water partition coefficient (Wildman–Crippen LogP) is 3.88. The van der Waals surface area contributed by atoms with Gasteiger partial charge in [0, 0.05) is 13.1 Å². The number of hydrogen-bond donors (Lipinski definition) is 0. The zero-order valence-corrected chi connectivity index (χ0v) is 13.8. The number of likely N-dealkylation sites (tertiary alicyclic amines) is 1. The maximum Gasteiger partial charge on any atom is 0.119 e. The Bertz CT molecular complexity index is 600. The lowest BCUT2D eigenvalue weighted by Crippen LogP contribution is -2.39. The molecule has 0 aliphatic carbocycles. The van der Waals surface area contributed by atoms with Gasteiger partial charge in [0.2, 0.25) is 0 Å². The summed E-state index contributed by atoms with van der Waals surface area (Å²) in [6, 6.07) is 18.8. The summed E-state index contributed by atoms with van der Waals surface area (Å²) in [6.45, 7) is 3.84. The SMILES string of the molecule is COc1cccc(COC2CCCN(Cc3ccccc3)C2)c1. The molecule has 0 saturated carbocycles. The van der Waals surface area contributed by atoms with E-state index >= 15 is 0 Å². The maximum absolute atomic E-state index is 6.14. The molecule has 1 heterocycles. The topological polar surface area (TPSA) is 21.7 Å². The van der Waals surface area contributed by atoms with Crippen molar-refractivity contribution in [3.63, 3.8) is 0 Å². The Morgan fingerprint density at radius 2 is 1.87 bits per heavy atom. The van der Waals surface area contributed by atoms with Crippen LogP contribution in [0, 0.1) is 0 Å². The Hall–Kier alpha value is -1.84. The Labute approximate surface area is 138 Å². The van der Waals surface area contributed by atoms with Crippen molar-refractivity contribution in [2.24, 2.45) is 0 Å².